The Morgan fingerprint density at radius 3 is 1.65 bits per heavy atom. The molecule has 0 saturated heterocycles. The summed E-state index contributed by atoms with van der Waals surface area (Å²) in [5, 5.41) is 12.0. The highest BCUT2D eigenvalue weighted by atomic mass is 16.2. The highest BCUT2D eigenvalue weighted by Gasteiger charge is 2.23. The van der Waals surface area contributed by atoms with Gasteiger partial charge in [-0.05, 0) is 103 Å². The number of amides is 2. The first-order valence-corrected chi connectivity index (χ1v) is 25.0. The fourth-order valence-corrected chi connectivity index (χ4v) is 8.59. The van der Waals surface area contributed by atoms with Crippen LogP contribution >= 0.6 is 0 Å². The van der Waals surface area contributed by atoms with E-state index in [0.29, 0.717) is 59.1 Å². The normalized spacial score (nSPS) is 13.1. The third-order valence-electron chi connectivity index (χ3n) is 12.2. The Bertz CT molecular complexity index is 2950. The SMILES string of the molecule is CCCN(CCC)C(=O)C1=Cc2ccc(-c3ccc(C=O)c(/C=N\N(C)CC)c3)cc2N=C(N)C1.CCCN(CCC)C(=O)C1=Cc2ccc(-c3ccc4c(=O)n(CC(C)C)ncc4c3)cc2N=C(N)C1. The maximum Gasteiger partial charge on any atom is 0.274 e. The first-order valence-electron chi connectivity index (χ1n) is 25.0. The van der Waals surface area contributed by atoms with Gasteiger partial charge in [-0.2, -0.15) is 10.2 Å². The van der Waals surface area contributed by atoms with E-state index in [9.17, 15) is 19.2 Å². The minimum atomic E-state index is -0.0745. The van der Waals surface area contributed by atoms with Crippen LogP contribution in [0.1, 0.15) is 114 Å². The minimum Gasteiger partial charge on any atom is -0.387 e. The van der Waals surface area contributed by atoms with E-state index in [0.717, 1.165) is 120 Å². The van der Waals surface area contributed by atoms with Crippen LogP contribution in [0.3, 0.4) is 0 Å². The van der Waals surface area contributed by atoms with Gasteiger partial charge in [-0.1, -0.05) is 84.0 Å². The maximum atomic E-state index is 13.2. The van der Waals surface area contributed by atoms with Gasteiger partial charge in [0.15, 0.2) is 6.29 Å². The Labute approximate surface area is 418 Å². The van der Waals surface area contributed by atoms with E-state index >= 15 is 0 Å². The first-order chi connectivity index (χ1) is 34.2. The van der Waals surface area contributed by atoms with E-state index in [1.807, 2.05) is 103 Å². The molecule has 5 aromatic rings. The predicted molar refractivity (Wildman–Crippen MR) is 292 cm³/mol. The Kier molecular flexibility index (Phi) is 18.5. The summed E-state index contributed by atoms with van der Waals surface area (Å²) in [6, 6.07) is 23.4. The van der Waals surface area contributed by atoms with Crippen molar-refractivity contribution >= 4 is 70.3 Å². The van der Waals surface area contributed by atoms with E-state index in [4.69, 9.17) is 11.5 Å². The molecule has 0 radical (unpaired) electrons. The molecule has 2 aliphatic rings. The van der Waals surface area contributed by atoms with Gasteiger partial charge in [0.2, 0.25) is 11.8 Å². The van der Waals surface area contributed by atoms with Gasteiger partial charge < -0.3 is 26.3 Å². The zero-order valence-corrected chi connectivity index (χ0v) is 42.7. The van der Waals surface area contributed by atoms with Crippen LogP contribution in [-0.2, 0) is 16.1 Å². The van der Waals surface area contributed by atoms with Gasteiger partial charge in [0.25, 0.3) is 5.56 Å². The minimum absolute atomic E-state index is 0.0224. The number of aliphatic imine (C=N–C) groups is 2. The van der Waals surface area contributed by atoms with Gasteiger partial charge in [-0.25, -0.2) is 14.7 Å². The van der Waals surface area contributed by atoms with E-state index in [1.54, 1.807) is 23.5 Å². The highest BCUT2D eigenvalue weighted by molar-refractivity contribution is 6.07. The van der Waals surface area contributed by atoms with Crippen molar-refractivity contribution in [2.24, 2.45) is 32.5 Å². The number of hydrogen-bond acceptors (Lipinski definition) is 11. The van der Waals surface area contributed by atoms with E-state index in [2.05, 4.69) is 61.7 Å². The Morgan fingerprint density at radius 2 is 1.17 bits per heavy atom. The Morgan fingerprint density at radius 1 is 0.690 bits per heavy atom. The van der Waals surface area contributed by atoms with Crippen molar-refractivity contribution in [1.82, 2.24) is 24.6 Å². The second kappa shape index (κ2) is 24.9. The smallest absolute Gasteiger partial charge is 0.274 e. The zero-order chi connectivity index (χ0) is 51.2. The van der Waals surface area contributed by atoms with Crippen molar-refractivity contribution in [3.8, 4) is 22.3 Å². The summed E-state index contributed by atoms with van der Waals surface area (Å²) >= 11 is 0. The largest absolute Gasteiger partial charge is 0.387 e. The summed E-state index contributed by atoms with van der Waals surface area (Å²) in [6.07, 6.45) is 12.4. The molecule has 0 aliphatic carbocycles. The van der Waals surface area contributed by atoms with Gasteiger partial charge in [0, 0.05) is 97.9 Å². The molecule has 4 N–H and O–H groups in total. The summed E-state index contributed by atoms with van der Waals surface area (Å²) in [4.78, 5) is 63.8. The molecule has 71 heavy (non-hydrogen) atoms. The molecule has 3 heterocycles. The number of nitrogens with two attached hydrogens (primary N) is 2. The van der Waals surface area contributed by atoms with Gasteiger partial charge in [0.1, 0.15) is 11.7 Å². The van der Waals surface area contributed by atoms with Crippen LogP contribution in [0.25, 0.3) is 45.2 Å². The van der Waals surface area contributed by atoms with Crippen molar-refractivity contribution in [3.05, 3.63) is 123 Å². The molecule has 2 amide bonds. The fraction of sp³-hybridized carbons (Fsp3) is 0.368. The highest BCUT2D eigenvalue weighted by Crippen LogP contribution is 2.35. The first kappa shape index (κ1) is 52.9. The molecule has 0 fully saturated rings. The molecule has 4 aromatic carbocycles. The summed E-state index contributed by atoms with van der Waals surface area (Å²) in [5.74, 6) is 1.23. The second-order valence-corrected chi connectivity index (χ2v) is 18.5. The Balaban J connectivity index is 0.000000233. The standard InChI is InChI=1S/C29H35N5O2.C28H35N5O2/c1-5-11-33(12-6-2)28(35)23-14-22-8-7-21(15-26(22)32-27(30)16-23)20-9-10-25-24(13-20)17-31-34(29(25)36)18-19(3)4;1-5-12-33(13-6-2)28(35)24-15-22-10-8-21(16-26(22)31-27(29)17-24)20-9-11-23(19-34)25(14-20)18-30-32(4)7-3/h7-10,13-15,17,19H,5-6,11-12,16,18H2,1-4H3,(H2,30,32);8-11,14-16,18-19H,5-7,12-13,17H2,1-4H3,(H2,29,31)/b;30-18-. The van der Waals surface area contributed by atoms with Crippen LogP contribution in [0.2, 0.25) is 0 Å². The Hall–Kier alpha value is -7.48. The summed E-state index contributed by atoms with van der Waals surface area (Å²) < 4.78 is 1.53. The average Bonchev–Trinajstić information content (AvgIpc) is 3.64. The van der Waals surface area contributed by atoms with Gasteiger partial charge in [0.05, 0.1) is 29.2 Å². The number of aldehydes is 1. The van der Waals surface area contributed by atoms with E-state index in [-0.39, 0.29) is 17.4 Å². The number of aromatic nitrogens is 2. The van der Waals surface area contributed by atoms with Gasteiger partial charge in [-0.3, -0.25) is 19.2 Å². The lowest BCUT2D eigenvalue weighted by Crippen LogP contribution is -2.34. The summed E-state index contributed by atoms with van der Waals surface area (Å²) in [7, 11) is 1.88. The molecule has 14 nitrogen and oxygen atoms in total. The molecule has 0 bridgehead atoms. The van der Waals surface area contributed by atoms with Crippen LogP contribution < -0.4 is 17.0 Å². The zero-order valence-electron chi connectivity index (χ0n) is 42.7. The fourth-order valence-electron chi connectivity index (χ4n) is 8.59. The number of carbonyl (C=O) groups excluding carboxylic acids is 3. The predicted octanol–water partition coefficient (Wildman–Crippen LogP) is 10.0. The molecule has 0 atom stereocenters. The molecule has 7 rings (SSSR count). The molecular weight excluding hydrogens is 889 g/mol. The second-order valence-electron chi connectivity index (χ2n) is 18.5. The third-order valence-corrected chi connectivity index (χ3v) is 12.2. The van der Waals surface area contributed by atoms with Gasteiger partial charge in [-0.15, -0.1) is 0 Å². The molecule has 1 aromatic heterocycles. The van der Waals surface area contributed by atoms with Crippen LogP contribution in [0.15, 0.2) is 110 Å². The monoisotopic (exact) mass is 959 g/mol. The van der Waals surface area contributed by atoms with Crippen molar-refractivity contribution in [2.45, 2.75) is 93.5 Å². The number of amidine groups is 2. The van der Waals surface area contributed by atoms with Crippen LogP contribution in [-0.4, -0.2) is 100 Å². The quantitative estimate of drug-likeness (QED) is 0.0494. The topological polar surface area (TPSA) is 185 Å². The number of rotatable bonds is 18. The average molecular weight is 959 g/mol. The third kappa shape index (κ3) is 13.4. The molecule has 0 unspecified atom stereocenters. The number of fused-ring (bicyclic) bond motifs is 3. The summed E-state index contributed by atoms with van der Waals surface area (Å²) in [5.41, 5.74) is 22.0. The lowest BCUT2D eigenvalue weighted by atomic mass is 9.97. The van der Waals surface area contributed by atoms with E-state index < -0.39 is 0 Å². The number of benzene rings is 4. The maximum absolute atomic E-state index is 13.2. The molecule has 372 valence electrons. The van der Waals surface area contributed by atoms with Gasteiger partial charge >= 0.3 is 0 Å². The molecule has 0 spiro atoms. The van der Waals surface area contributed by atoms with Crippen LogP contribution in [0.5, 0.6) is 0 Å². The lowest BCUT2D eigenvalue weighted by Gasteiger charge is -2.22. The van der Waals surface area contributed by atoms with Crippen LogP contribution in [0, 0.1) is 5.92 Å². The molecule has 2 aliphatic heterocycles. The molecule has 14 heteroatoms. The number of carbonyl (C=O) groups is 3. The molecule has 0 saturated carbocycles. The lowest BCUT2D eigenvalue weighted by molar-refractivity contribution is -0.128. The van der Waals surface area contributed by atoms with Crippen molar-refractivity contribution in [1.29, 1.82) is 0 Å². The van der Waals surface area contributed by atoms with Crippen LogP contribution in [0.4, 0.5) is 11.4 Å². The number of hydrazone groups is 1. The van der Waals surface area contributed by atoms with Crippen molar-refractivity contribution in [3.63, 3.8) is 0 Å². The van der Waals surface area contributed by atoms with E-state index in [1.165, 1.54) is 4.68 Å². The number of hydrogen-bond donors (Lipinski definition) is 2. The van der Waals surface area contributed by atoms with Crippen molar-refractivity contribution < 1.29 is 14.4 Å². The van der Waals surface area contributed by atoms with Crippen molar-refractivity contribution in [2.75, 3.05) is 39.8 Å². The molecular formula is C57H70N10O4. The number of nitrogens with zero attached hydrogens (tertiary/aromatic N) is 8. The summed E-state index contributed by atoms with van der Waals surface area (Å²) in [6.45, 7) is 18.7.